The number of fused-ring (bicyclic) bond motifs is 2. The number of aromatic nitrogens is 1. The summed E-state index contributed by atoms with van der Waals surface area (Å²) in [6.07, 6.45) is 1.39. The molecule has 3 aromatic carbocycles. The summed E-state index contributed by atoms with van der Waals surface area (Å²) in [6.45, 7) is 0.425. The molecule has 10 heteroatoms. The van der Waals surface area contributed by atoms with Gasteiger partial charge in [0.2, 0.25) is 0 Å². The van der Waals surface area contributed by atoms with Gasteiger partial charge in [0.1, 0.15) is 13.2 Å². The zero-order valence-electron chi connectivity index (χ0n) is 18.3. The highest BCUT2D eigenvalue weighted by Gasteiger charge is 2.17. The van der Waals surface area contributed by atoms with Crippen LogP contribution >= 0.6 is 11.6 Å². The Morgan fingerprint density at radius 2 is 1.97 bits per heavy atom. The predicted molar refractivity (Wildman–Crippen MR) is 131 cm³/mol. The zero-order chi connectivity index (χ0) is 24.4. The molecule has 1 aliphatic heterocycles. The topological polar surface area (TPSA) is 126 Å². The first-order valence-corrected chi connectivity index (χ1v) is 11.1. The van der Waals surface area contributed by atoms with Crippen LogP contribution in [-0.2, 0) is 4.79 Å². The van der Waals surface area contributed by atoms with Crippen molar-refractivity contribution in [2.45, 2.75) is 6.04 Å². The van der Waals surface area contributed by atoms with Gasteiger partial charge in [0.15, 0.2) is 28.9 Å². The van der Waals surface area contributed by atoms with E-state index < -0.39 is 18.6 Å². The summed E-state index contributed by atoms with van der Waals surface area (Å²) < 4.78 is 16.7. The average Bonchev–Trinajstić information content (AvgIpc) is 3.27. The van der Waals surface area contributed by atoms with Crippen molar-refractivity contribution in [3.05, 3.63) is 65.2 Å². The number of hydrogen-bond donors (Lipinski definition) is 3. The number of aliphatic hydroxyl groups is 1. The zero-order valence-corrected chi connectivity index (χ0v) is 19.0. The van der Waals surface area contributed by atoms with Crippen molar-refractivity contribution >= 4 is 46.3 Å². The third-order valence-electron chi connectivity index (χ3n) is 5.46. The largest absolute Gasteiger partial charge is 0.486 e. The van der Waals surface area contributed by atoms with Gasteiger partial charge in [-0.3, -0.25) is 4.99 Å². The fourth-order valence-corrected chi connectivity index (χ4v) is 3.96. The van der Waals surface area contributed by atoms with Gasteiger partial charge < -0.3 is 29.5 Å². The van der Waals surface area contributed by atoms with Crippen LogP contribution in [0, 0.1) is 0 Å². The standard InChI is InChI=1S/C25H20ClN3O6/c26-23-16(15-5-7-21-22(11-15)34-9-8-33-21)2-1-3-18(23)28-24-17-10-14(4-6-20(17)35-29-24)12-27-19(13-30)25(31)32/h1-7,10-12,19,30H,8-9,13H2,(H,28,29)(H,31,32)/t19-/m1/s1. The van der Waals surface area contributed by atoms with Gasteiger partial charge in [-0.15, -0.1) is 0 Å². The van der Waals surface area contributed by atoms with E-state index >= 15 is 0 Å². The first kappa shape index (κ1) is 22.7. The summed E-state index contributed by atoms with van der Waals surface area (Å²) in [5.41, 5.74) is 3.46. The number of nitrogens with zero attached hydrogens (tertiary/aromatic N) is 2. The second-order valence-electron chi connectivity index (χ2n) is 7.75. The fraction of sp³-hybridized carbons (Fsp3) is 0.160. The quantitative estimate of drug-likeness (QED) is 0.320. The van der Waals surface area contributed by atoms with Crippen molar-refractivity contribution in [3.63, 3.8) is 0 Å². The van der Waals surface area contributed by atoms with Gasteiger partial charge in [-0.25, -0.2) is 4.79 Å². The van der Waals surface area contributed by atoms with Gasteiger partial charge in [0.25, 0.3) is 0 Å². The van der Waals surface area contributed by atoms with Crippen molar-refractivity contribution in [2.24, 2.45) is 4.99 Å². The van der Waals surface area contributed by atoms with Gasteiger partial charge in [0.05, 0.1) is 22.7 Å². The number of nitrogens with one attached hydrogen (secondary N) is 1. The maximum Gasteiger partial charge on any atom is 0.330 e. The van der Waals surface area contributed by atoms with Crippen LogP contribution in [-0.4, -0.2) is 53.4 Å². The van der Waals surface area contributed by atoms with Crippen molar-refractivity contribution in [2.75, 3.05) is 25.1 Å². The van der Waals surface area contributed by atoms with E-state index in [4.69, 9.17) is 35.8 Å². The highest BCUT2D eigenvalue weighted by molar-refractivity contribution is 6.36. The molecule has 35 heavy (non-hydrogen) atoms. The van der Waals surface area contributed by atoms with E-state index in [-0.39, 0.29) is 0 Å². The number of carbonyl (C=O) groups is 1. The van der Waals surface area contributed by atoms with E-state index in [1.807, 2.05) is 36.4 Å². The van der Waals surface area contributed by atoms with Crippen LogP contribution in [0.1, 0.15) is 5.56 Å². The molecular formula is C25H20ClN3O6. The molecule has 3 N–H and O–H groups in total. The Morgan fingerprint density at radius 3 is 2.77 bits per heavy atom. The van der Waals surface area contributed by atoms with E-state index in [9.17, 15) is 4.79 Å². The molecule has 0 spiro atoms. The lowest BCUT2D eigenvalue weighted by atomic mass is 10.0. The number of ether oxygens (including phenoxy) is 2. The first-order valence-electron chi connectivity index (χ1n) is 10.8. The highest BCUT2D eigenvalue weighted by Crippen LogP contribution is 2.40. The van der Waals surface area contributed by atoms with E-state index in [1.54, 1.807) is 18.2 Å². The Hall–Kier alpha value is -4.08. The summed E-state index contributed by atoms with van der Waals surface area (Å²) in [4.78, 5) is 15.0. The molecule has 1 atom stereocenters. The molecule has 178 valence electrons. The fourth-order valence-electron chi connectivity index (χ4n) is 3.68. The Labute approximate surface area is 204 Å². The molecule has 0 saturated carbocycles. The Balaban J connectivity index is 1.44. The molecular weight excluding hydrogens is 474 g/mol. The lowest BCUT2D eigenvalue weighted by Crippen LogP contribution is -2.22. The van der Waals surface area contributed by atoms with E-state index in [2.05, 4.69) is 15.5 Å². The molecule has 4 aromatic rings. The number of anilines is 2. The molecule has 0 saturated heterocycles. The summed E-state index contributed by atoms with van der Waals surface area (Å²) in [5.74, 6) is 0.608. The number of carboxylic acid groups (broad SMARTS) is 1. The number of halogens is 1. The number of aliphatic carboxylic acids is 1. The summed E-state index contributed by atoms with van der Waals surface area (Å²) in [5, 5.41) is 26.7. The average molecular weight is 494 g/mol. The molecule has 0 unspecified atom stereocenters. The molecule has 0 amide bonds. The number of benzene rings is 3. The van der Waals surface area contributed by atoms with Gasteiger partial charge >= 0.3 is 5.97 Å². The smallest absolute Gasteiger partial charge is 0.330 e. The lowest BCUT2D eigenvalue weighted by molar-refractivity contribution is -0.139. The van der Waals surface area contributed by atoms with Crippen molar-refractivity contribution in [3.8, 4) is 22.6 Å². The van der Waals surface area contributed by atoms with Crippen LogP contribution in [0.15, 0.2) is 64.1 Å². The molecule has 1 aromatic heterocycles. The molecule has 9 nitrogen and oxygen atoms in total. The highest BCUT2D eigenvalue weighted by atomic mass is 35.5. The Bertz CT molecular complexity index is 1430. The third-order valence-corrected chi connectivity index (χ3v) is 5.87. The Morgan fingerprint density at radius 1 is 1.14 bits per heavy atom. The minimum absolute atomic E-state index is 0.438. The Kier molecular flexibility index (Phi) is 6.26. The monoisotopic (exact) mass is 493 g/mol. The SMILES string of the molecule is O=C(O)[C@@H](CO)N=Cc1ccc2onc(Nc3cccc(-c4ccc5c(c4)OCCO5)c3Cl)c2c1. The first-order chi connectivity index (χ1) is 17.0. The van der Waals surface area contributed by atoms with Crippen LogP contribution in [0.2, 0.25) is 5.02 Å². The number of aliphatic hydroxyl groups excluding tert-OH is 1. The maximum absolute atomic E-state index is 11.1. The van der Waals surface area contributed by atoms with Gasteiger partial charge in [-0.2, -0.15) is 0 Å². The lowest BCUT2D eigenvalue weighted by Gasteiger charge is -2.19. The maximum atomic E-state index is 11.1. The third kappa shape index (κ3) is 4.64. The van der Waals surface area contributed by atoms with E-state index in [0.717, 1.165) is 11.1 Å². The van der Waals surface area contributed by atoms with E-state index in [0.29, 0.717) is 57.8 Å². The van der Waals surface area contributed by atoms with Gasteiger partial charge in [-0.05, 0) is 47.5 Å². The summed E-state index contributed by atoms with van der Waals surface area (Å²) in [6, 6.07) is 15.2. The number of rotatable bonds is 7. The van der Waals surface area contributed by atoms with Crippen LogP contribution in [0.25, 0.3) is 22.1 Å². The van der Waals surface area contributed by atoms with Gasteiger partial charge in [-0.1, -0.05) is 35.0 Å². The molecule has 0 aliphatic carbocycles. The minimum atomic E-state index is -1.23. The van der Waals surface area contributed by atoms with E-state index in [1.165, 1.54) is 6.21 Å². The van der Waals surface area contributed by atoms with Gasteiger partial charge in [0, 0.05) is 11.8 Å². The normalized spacial score (nSPS) is 13.8. The van der Waals surface area contributed by atoms with Crippen molar-refractivity contribution < 1.29 is 29.0 Å². The van der Waals surface area contributed by atoms with Crippen LogP contribution in [0.5, 0.6) is 11.5 Å². The van der Waals surface area contributed by atoms with Crippen molar-refractivity contribution in [1.29, 1.82) is 0 Å². The molecule has 0 bridgehead atoms. The second kappa shape index (κ2) is 9.65. The van der Waals surface area contributed by atoms with Crippen LogP contribution < -0.4 is 14.8 Å². The minimum Gasteiger partial charge on any atom is -0.486 e. The molecule has 5 rings (SSSR count). The number of carboxylic acids is 1. The summed E-state index contributed by atoms with van der Waals surface area (Å²) in [7, 11) is 0. The molecule has 1 aliphatic rings. The van der Waals surface area contributed by atoms with Crippen molar-refractivity contribution in [1.82, 2.24) is 5.16 Å². The number of hydrogen-bond acceptors (Lipinski definition) is 8. The summed E-state index contributed by atoms with van der Waals surface area (Å²) >= 11 is 6.76. The predicted octanol–water partition coefficient (Wildman–Crippen LogP) is 4.53. The van der Waals surface area contributed by atoms with Crippen LogP contribution in [0.3, 0.4) is 0 Å². The van der Waals surface area contributed by atoms with Crippen LogP contribution in [0.4, 0.5) is 11.5 Å². The molecule has 0 fully saturated rings. The molecule has 2 heterocycles. The number of aliphatic imine (C=N–C) groups is 1. The molecule has 0 radical (unpaired) electrons. The second-order valence-corrected chi connectivity index (χ2v) is 8.13.